The lowest BCUT2D eigenvalue weighted by molar-refractivity contribution is 0.164. The van der Waals surface area contributed by atoms with Crippen molar-refractivity contribution in [3.63, 3.8) is 0 Å². The molecule has 1 atom stereocenters. The van der Waals surface area contributed by atoms with Crippen molar-refractivity contribution in [1.29, 1.82) is 0 Å². The van der Waals surface area contributed by atoms with Crippen molar-refractivity contribution in [1.82, 2.24) is 0 Å². The fraction of sp³-hybridized carbons (Fsp3) is 0.385. The van der Waals surface area contributed by atoms with Gasteiger partial charge in [0.05, 0.1) is 6.10 Å². The number of thiophene rings is 1. The fourth-order valence-corrected chi connectivity index (χ4v) is 2.99. The second-order valence-corrected chi connectivity index (χ2v) is 5.24. The fourth-order valence-electron chi connectivity index (χ4n) is 1.86. The SMILES string of the molecule is OC(CCCCl)Cc1csc2ccccc12. The molecule has 2 rings (SSSR count). The van der Waals surface area contributed by atoms with Gasteiger partial charge in [-0.25, -0.2) is 0 Å². The number of aliphatic hydroxyl groups is 1. The Kier molecular flexibility index (Phi) is 4.22. The van der Waals surface area contributed by atoms with Crippen LogP contribution in [0.4, 0.5) is 0 Å². The first-order valence-corrected chi connectivity index (χ1v) is 6.92. The lowest BCUT2D eigenvalue weighted by Crippen LogP contribution is -2.10. The standard InChI is InChI=1S/C13H15ClOS/c14-7-3-4-11(15)8-10-9-16-13-6-2-1-5-12(10)13/h1-2,5-6,9,11,15H,3-4,7-8H2. The number of benzene rings is 1. The highest BCUT2D eigenvalue weighted by Crippen LogP contribution is 2.26. The molecule has 0 saturated heterocycles. The van der Waals surface area contributed by atoms with Gasteiger partial charge in [0.2, 0.25) is 0 Å². The van der Waals surface area contributed by atoms with Crippen LogP contribution in [0, 0.1) is 0 Å². The van der Waals surface area contributed by atoms with Crippen LogP contribution >= 0.6 is 22.9 Å². The molecule has 0 spiro atoms. The van der Waals surface area contributed by atoms with Crippen molar-refractivity contribution in [3.8, 4) is 0 Å². The molecule has 1 heterocycles. The van der Waals surface area contributed by atoms with Crippen LogP contribution in [-0.2, 0) is 6.42 Å². The third kappa shape index (κ3) is 2.76. The van der Waals surface area contributed by atoms with Crippen molar-refractivity contribution in [2.45, 2.75) is 25.4 Å². The molecule has 0 saturated carbocycles. The Morgan fingerprint density at radius 3 is 2.94 bits per heavy atom. The van der Waals surface area contributed by atoms with Gasteiger partial charge in [0.1, 0.15) is 0 Å². The predicted octanol–water partition coefficient (Wildman–Crippen LogP) is 3.82. The first kappa shape index (κ1) is 11.9. The minimum absolute atomic E-state index is 0.267. The minimum atomic E-state index is -0.267. The minimum Gasteiger partial charge on any atom is -0.393 e. The van der Waals surface area contributed by atoms with E-state index in [1.807, 2.05) is 12.1 Å². The maximum absolute atomic E-state index is 9.86. The van der Waals surface area contributed by atoms with E-state index in [2.05, 4.69) is 17.5 Å². The smallest absolute Gasteiger partial charge is 0.0581 e. The maximum atomic E-state index is 9.86. The van der Waals surface area contributed by atoms with Crippen LogP contribution in [0.5, 0.6) is 0 Å². The molecule has 1 unspecified atom stereocenters. The quantitative estimate of drug-likeness (QED) is 0.805. The first-order chi connectivity index (χ1) is 7.81. The van der Waals surface area contributed by atoms with Crippen molar-refractivity contribution in [2.75, 3.05) is 5.88 Å². The molecule has 2 aromatic rings. The molecular weight excluding hydrogens is 240 g/mol. The van der Waals surface area contributed by atoms with Gasteiger partial charge < -0.3 is 5.11 Å². The van der Waals surface area contributed by atoms with E-state index < -0.39 is 0 Å². The molecule has 0 radical (unpaired) electrons. The first-order valence-electron chi connectivity index (χ1n) is 5.50. The zero-order chi connectivity index (χ0) is 11.4. The Balaban J connectivity index is 2.09. The number of alkyl halides is 1. The molecule has 0 amide bonds. The van der Waals surface area contributed by atoms with E-state index in [9.17, 15) is 5.11 Å². The Labute approximate surface area is 105 Å². The molecule has 0 aliphatic heterocycles. The van der Waals surface area contributed by atoms with Gasteiger partial charge in [-0.2, -0.15) is 0 Å². The third-order valence-corrected chi connectivity index (χ3v) is 3.97. The van der Waals surface area contributed by atoms with Crippen LogP contribution < -0.4 is 0 Å². The third-order valence-electron chi connectivity index (χ3n) is 2.69. The lowest BCUT2D eigenvalue weighted by Gasteiger charge is -2.08. The highest BCUT2D eigenvalue weighted by atomic mass is 35.5. The normalized spacial score (nSPS) is 13.1. The molecule has 3 heteroatoms. The highest BCUT2D eigenvalue weighted by Gasteiger charge is 2.09. The van der Waals surface area contributed by atoms with E-state index in [-0.39, 0.29) is 6.10 Å². The number of halogens is 1. The van der Waals surface area contributed by atoms with Gasteiger partial charge in [-0.15, -0.1) is 22.9 Å². The van der Waals surface area contributed by atoms with E-state index >= 15 is 0 Å². The molecular formula is C13H15ClOS. The summed E-state index contributed by atoms with van der Waals surface area (Å²) in [5.74, 6) is 0.626. The summed E-state index contributed by atoms with van der Waals surface area (Å²) >= 11 is 7.36. The second kappa shape index (κ2) is 5.67. The number of hydrogen-bond acceptors (Lipinski definition) is 2. The number of hydrogen-bond donors (Lipinski definition) is 1. The molecule has 1 nitrogen and oxygen atoms in total. The van der Waals surface area contributed by atoms with Gasteiger partial charge in [-0.3, -0.25) is 0 Å². The molecule has 0 aliphatic carbocycles. The molecule has 16 heavy (non-hydrogen) atoms. The highest BCUT2D eigenvalue weighted by molar-refractivity contribution is 7.17. The number of rotatable bonds is 5. The molecule has 1 aromatic carbocycles. The zero-order valence-corrected chi connectivity index (χ0v) is 10.6. The van der Waals surface area contributed by atoms with Gasteiger partial charge >= 0.3 is 0 Å². The van der Waals surface area contributed by atoms with Crippen molar-refractivity contribution in [3.05, 3.63) is 35.2 Å². The van der Waals surface area contributed by atoms with E-state index in [0.29, 0.717) is 5.88 Å². The second-order valence-electron chi connectivity index (χ2n) is 3.95. The summed E-state index contributed by atoms with van der Waals surface area (Å²) in [6.45, 7) is 0. The van der Waals surface area contributed by atoms with Gasteiger partial charge in [-0.05, 0) is 41.7 Å². The summed E-state index contributed by atoms with van der Waals surface area (Å²) in [7, 11) is 0. The van der Waals surface area contributed by atoms with Crippen LogP contribution in [-0.4, -0.2) is 17.1 Å². The Morgan fingerprint density at radius 1 is 1.31 bits per heavy atom. The van der Waals surface area contributed by atoms with Crippen LogP contribution in [0.15, 0.2) is 29.6 Å². The summed E-state index contributed by atoms with van der Waals surface area (Å²) in [6, 6.07) is 8.33. The van der Waals surface area contributed by atoms with Crippen molar-refractivity contribution in [2.24, 2.45) is 0 Å². The van der Waals surface area contributed by atoms with E-state index in [1.54, 1.807) is 11.3 Å². The lowest BCUT2D eigenvalue weighted by atomic mass is 10.0. The van der Waals surface area contributed by atoms with Crippen LogP contribution in [0.25, 0.3) is 10.1 Å². The Hall–Kier alpha value is -0.570. The zero-order valence-electron chi connectivity index (χ0n) is 9.03. The van der Waals surface area contributed by atoms with Gasteiger partial charge in [0, 0.05) is 10.6 Å². The average Bonchev–Trinajstić information content (AvgIpc) is 2.70. The van der Waals surface area contributed by atoms with E-state index in [1.165, 1.54) is 15.6 Å². The van der Waals surface area contributed by atoms with Crippen molar-refractivity contribution < 1.29 is 5.11 Å². The Morgan fingerprint density at radius 2 is 2.12 bits per heavy atom. The van der Waals surface area contributed by atoms with Crippen LogP contribution in [0.2, 0.25) is 0 Å². The van der Waals surface area contributed by atoms with Crippen LogP contribution in [0.1, 0.15) is 18.4 Å². The van der Waals surface area contributed by atoms with Crippen molar-refractivity contribution >= 4 is 33.0 Å². The topological polar surface area (TPSA) is 20.2 Å². The van der Waals surface area contributed by atoms with Gasteiger partial charge in [0.15, 0.2) is 0 Å². The molecule has 0 fully saturated rings. The largest absolute Gasteiger partial charge is 0.393 e. The van der Waals surface area contributed by atoms with Gasteiger partial charge in [-0.1, -0.05) is 18.2 Å². The summed E-state index contributed by atoms with van der Waals surface area (Å²) in [5, 5.41) is 13.3. The van der Waals surface area contributed by atoms with E-state index in [0.717, 1.165) is 19.3 Å². The maximum Gasteiger partial charge on any atom is 0.0581 e. The summed E-state index contributed by atoms with van der Waals surface area (Å²) in [4.78, 5) is 0. The molecule has 86 valence electrons. The summed E-state index contributed by atoms with van der Waals surface area (Å²) in [6.07, 6.45) is 2.14. The van der Waals surface area contributed by atoms with E-state index in [4.69, 9.17) is 11.6 Å². The number of aliphatic hydroxyl groups excluding tert-OH is 1. The Bertz CT molecular complexity index is 452. The molecule has 1 aromatic heterocycles. The van der Waals surface area contributed by atoms with Gasteiger partial charge in [0.25, 0.3) is 0 Å². The number of fused-ring (bicyclic) bond motifs is 1. The summed E-state index contributed by atoms with van der Waals surface area (Å²) in [5.41, 5.74) is 1.25. The molecule has 0 bridgehead atoms. The average molecular weight is 255 g/mol. The predicted molar refractivity (Wildman–Crippen MR) is 71.5 cm³/mol. The monoisotopic (exact) mass is 254 g/mol. The van der Waals surface area contributed by atoms with Crippen LogP contribution in [0.3, 0.4) is 0 Å². The molecule has 1 N–H and O–H groups in total. The molecule has 0 aliphatic rings. The summed E-state index contributed by atoms with van der Waals surface area (Å²) < 4.78 is 1.29.